The third-order valence-corrected chi connectivity index (χ3v) is 4.58. The van der Waals surface area contributed by atoms with Crippen molar-refractivity contribution in [2.75, 3.05) is 6.61 Å². The Labute approximate surface area is 163 Å². The molecule has 146 valence electrons. The standard InChI is InChI=1S/C22H23F2N3O/c1-4-11-28-22-8-6-5-7-17(22)13-25-15(2)19-14-26-27(16(19)3)21-10-9-18(23)12-20(21)24/h4-10,12,14-15,25H,1,11,13H2,2-3H3/t15-/m1/s1. The fourth-order valence-corrected chi connectivity index (χ4v) is 3.06. The highest BCUT2D eigenvalue weighted by atomic mass is 19.1. The molecule has 0 spiro atoms. The van der Waals surface area contributed by atoms with Gasteiger partial charge >= 0.3 is 0 Å². The molecule has 0 aliphatic rings. The average Bonchev–Trinajstić information content (AvgIpc) is 3.06. The van der Waals surface area contributed by atoms with E-state index >= 15 is 0 Å². The third-order valence-electron chi connectivity index (χ3n) is 4.58. The highest BCUT2D eigenvalue weighted by molar-refractivity contribution is 5.37. The van der Waals surface area contributed by atoms with Crippen LogP contribution in [-0.4, -0.2) is 16.4 Å². The van der Waals surface area contributed by atoms with Gasteiger partial charge in [-0.25, -0.2) is 13.5 Å². The van der Waals surface area contributed by atoms with Crippen LogP contribution in [0, 0.1) is 18.6 Å². The summed E-state index contributed by atoms with van der Waals surface area (Å²) in [6.07, 6.45) is 3.41. The van der Waals surface area contributed by atoms with Crippen LogP contribution < -0.4 is 10.1 Å². The van der Waals surface area contributed by atoms with E-state index in [9.17, 15) is 8.78 Å². The molecule has 0 radical (unpaired) electrons. The van der Waals surface area contributed by atoms with Gasteiger partial charge < -0.3 is 10.1 Å². The van der Waals surface area contributed by atoms with Gasteiger partial charge in [0.2, 0.25) is 0 Å². The van der Waals surface area contributed by atoms with Crippen molar-refractivity contribution >= 4 is 0 Å². The van der Waals surface area contributed by atoms with E-state index in [0.29, 0.717) is 13.2 Å². The summed E-state index contributed by atoms with van der Waals surface area (Å²) in [7, 11) is 0. The Hall–Kier alpha value is -2.99. The second kappa shape index (κ2) is 8.80. The predicted octanol–water partition coefficient (Wildman–Crippen LogP) is 4.87. The number of hydrogen-bond acceptors (Lipinski definition) is 3. The molecule has 0 amide bonds. The van der Waals surface area contributed by atoms with Crippen LogP contribution in [0.15, 0.2) is 61.3 Å². The van der Waals surface area contributed by atoms with Gasteiger partial charge in [0.05, 0.1) is 6.20 Å². The van der Waals surface area contributed by atoms with Crippen molar-refractivity contribution in [2.45, 2.75) is 26.4 Å². The lowest BCUT2D eigenvalue weighted by molar-refractivity contribution is 0.357. The van der Waals surface area contributed by atoms with Crippen molar-refractivity contribution in [3.05, 3.63) is 89.8 Å². The fraction of sp³-hybridized carbons (Fsp3) is 0.227. The largest absolute Gasteiger partial charge is 0.489 e. The van der Waals surface area contributed by atoms with Gasteiger partial charge in [-0.2, -0.15) is 5.10 Å². The van der Waals surface area contributed by atoms with Crippen molar-refractivity contribution in [3.8, 4) is 11.4 Å². The summed E-state index contributed by atoms with van der Waals surface area (Å²) in [5.41, 5.74) is 2.99. The highest BCUT2D eigenvalue weighted by Crippen LogP contribution is 2.24. The van der Waals surface area contributed by atoms with Gasteiger partial charge in [0, 0.05) is 35.5 Å². The van der Waals surface area contributed by atoms with Crippen LogP contribution >= 0.6 is 0 Å². The molecular weight excluding hydrogens is 360 g/mol. The van der Waals surface area contributed by atoms with Crippen molar-refractivity contribution in [1.29, 1.82) is 0 Å². The molecule has 1 atom stereocenters. The molecule has 0 fully saturated rings. The zero-order valence-corrected chi connectivity index (χ0v) is 16.0. The van der Waals surface area contributed by atoms with Gasteiger partial charge in [-0.15, -0.1) is 0 Å². The Morgan fingerprint density at radius 1 is 1.25 bits per heavy atom. The zero-order chi connectivity index (χ0) is 20.1. The number of ether oxygens (including phenoxy) is 1. The molecule has 0 saturated heterocycles. The van der Waals surface area contributed by atoms with E-state index in [0.717, 1.165) is 28.6 Å². The minimum atomic E-state index is -0.647. The van der Waals surface area contributed by atoms with Crippen LogP contribution in [-0.2, 0) is 6.54 Å². The first-order chi connectivity index (χ1) is 13.5. The van der Waals surface area contributed by atoms with Crippen LogP contribution in [0.2, 0.25) is 0 Å². The highest BCUT2D eigenvalue weighted by Gasteiger charge is 2.17. The molecule has 0 saturated carbocycles. The Morgan fingerprint density at radius 3 is 2.79 bits per heavy atom. The monoisotopic (exact) mass is 383 g/mol. The van der Waals surface area contributed by atoms with Crippen LogP contribution in [0.5, 0.6) is 5.75 Å². The van der Waals surface area contributed by atoms with E-state index in [4.69, 9.17) is 4.74 Å². The summed E-state index contributed by atoms with van der Waals surface area (Å²) < 4.78 is 34.5. The Balaban J connectivity index is 1.75. The number of aromatic nitrogens is 2. The van der Waals surface area contributed by atoms with Gasteiger partial charge in [0.25, 0.3) is 0 Å². The summed E-state index contributed by atoms with van der Waals surface area (Å²) in [5, 5.41) is 7.74. The maximum absolute atomic E-state index is 14.1. The third kappa shape index (κ3) is 4.28. The SMILES string of the molecule is C=CCOc1ccccc1CN[C@H](C)c1cnn(-c2ccc(F)cc2F)c1C. The first-order valence-corrected chi connectivity index (χ1v) is 9.06. The van der Waals surface area contributed by atoms with Gasteiger partial charge in [-0.3, -0.25) is 0 Å². The Bertz CT molecular complexity index is 968. The molecule has 1 heterocycles. The molecule has 0 aliphatic carbocycles. The van der Waals surface area contributed by atoms with Gasteiger partial charge in [-0.1, -0.05) is 30.9 Å². The smallest absolute Gasteiger partial charge is 0.151 e. The summed E-state index contributed by atoms with van der Waals surface area (Å²) in [6.45, 7) is 8.60. The Kier molecular flexibility index (Phi) is 6.21. The summed E-state index contributed by atoms with van der Waals surface area (Å²) in [4.78, 5) is 0. The maximum atomic E-state index is 14.1. The first-order valence-electron chi connectivity index (χ1n) is 9.06. The molecule has 28 heavy (non-hydrogen) atoms. The van der Waals surface area contributed by atoms with E-state index in [-0.39, 0.29) is 11.7 Å². The molecule has 2 aromatic carbocycles. The molecule has 0 unspecified atom stereocenters. The minimum Gasteiger partial charge on any atom is -0.489 e. The molecule has 3 rings (SSSR count). The predicted molar refractivity (Wildman–Crippen MR) is 106 cm³/mol. The second-order valence-electron chi connectivity index (χ2n) is 6.50. The maximum Gasteiger partial charge on any atom is 0.151 e. The minimum absolute atomic E-state index is 0.0234. The zero-order valence-electron chi connectivity index (χ0n) is 16.0. The molecule has 0 bridgehead atoms. The molecule has 6 heteroatoms. The van der Waals surface area contributed by atoms with Crippen LogP contribution in [0.25, 0.3) is 5.69 Å². The molecule has 4 nitrogen and oxygen atoms in total. The molecule has 3 aromatic rings. The summed E-state index contributed by atoms with van der Waals surface area (Å²) in [5.74, 6) is -0.451. The van der Waals surface area contributed by atoms with Crippen LogP contribution in [0.4, 0.5) is 8.78 Å². The molecule has 1 N–H and O–H groups in total. The van der Waals surface area contributed by atoms with Crippen molar-refractivity contribution in [1.82, 2.24) is 15.1 Å². The van der Waals surface area contributed by atoms with E-state index in [2.05, 4.69) is 17.0 Å². The average molecular weight is 383 g/mol. The number of rotatable bonds is 8. The summed E-state index contributed by atoms with van der Waals surface area (Å²) in [6, 6.07) is 11.3. The van der Waals surface area contributed by atoms with Crippen LogP contribution in [0.3, 0.4) is 0 Å². The van der Waals surface area contributed by atoms with Gasteiger partial charge in [0.15, 0.2) is 5.82 Å². The molecule has 1 aromatic heterocycles. The number of benzene rings is 2. The summed E-state index contributed by atoms with van der Waals surface area (Å²) >= 11 is 0. The lowest BCUT2D eigenvalue weighted by Gasteiger charge is -2.16. The first kappa shape index (κ1) is 19.8. The number of para-hydroxylation sites is 1. The van der Waals surface area contributed by atoms with Gasteiger partial charge in [0.1, 0.15) is 23.9 Å². The molecular formula is C22H23F2N3O. The number of nitrogens with one attached hydrogen (secondary N) is 1. The van der Waals surface area contributed by atoms with Crippen LogP contribution in [0.1, 0.15) is 29.8 Å². The van der Waals surface area contributed by atoms with Crippen molar-refractivity contribution in [3.63, 3.8) is 0 Å². The molecule has 0 aliphatic heterocycles. The van der Waals surface area contributed by atoms with Crippen molar-refractivity contribution < 1.29 is 13.5 Å². The quantitative estimate of drug-likeness (QED) is 0.564. The normalized spacial score (nSPS) is 12.0. The van der Waals surface area contributed by atoms with E-state index in [1.165, 1.54) is 16.8 Å². The number of hydrogen-bond donors (Lipinski definition) is 1. The van der Waals surface area contributed by atoms with Gasteiger partial charge in [-0.05, 0) is 32.0 Å². The van der Waals surface area contributed by atoms with E-state index in [1.54, 1.807) is 12.3 Å². The van der Waals surface area contributed by atoms with E-state index < -0.39 is 11.6 Å². The second-order valence-corrected chi connectivity index (χ2v) is 6.50. The number of halogens is 2. The topological polar surface area (TPSA) is 39.1 Å². The van der Waals surface area contributed by atoms with E-state index in [1.807, 2.05) is 38.1 Å². The van der Waals surface area contributed by atoms with Crippen molar-refractivity contribution in [2.24, 2.45) is 0 Å². The number of nitrogens with zero attached hydrogens (tertiary/aromatic N) is 2. The lowest BCUT2D eigenvalue weighted by atomic mass is 10.1. The lowest BCUT2D eigenvalue weighted by Crippen LogP contribution is -2.19. The Morgan fingerprint density at radius 2 is 2.04 bits per heavy atom. The fourth-order valence-electron chi connectivity index (χ4n) is 3.06.